The van der Waals surface area contributed by atoms with Crippen LogP contribution in [0.2, 0.25) is 0 Å². The molecule has 4 N–H and O–H groups in total. The number of aromatic amines is 1. The summed E-state index contributed by atoms with van der Waals surface area (Å²) < 4.78 is 0. The van der Waals surface area contributed by atoms with E-state index in [0.29, 0.717) is 0 Å². The maximum absolute atomic E-state index is 8.80. The molecule has 0 spiro atoms. The second-order valence-corrected chi connectivity index (χ2v) is 4.04. The standard InChI is InChI=1S/C12H17N3O/c13-9(8-16)4-3-7-12-14-10-5-1-2-6-11(10)15-12/h1-2,5-6,9,16H,3-4,7-8,13H2,(H,14,15). The Labute approximate surface area is 94.5 Å². The van der Waals surface area contributed by atoms with Crippen LogP contribution >= 0.6 is 0 Å². The number of nitrogens with zero attached hydrogens (tertiary/aromatic N) is 1. The summed E-state index contributed by atoms with van der Waals surface area (Å²) in [6.07, 6.45) is 2.65. The first-order chi connectivity index (χ1) is 7.79. The number of para-hydroxylation sites is 2. The number of rotatable bonds is 5. The Morgan fingerprint density at radius 2 is 2.19 bits per heavy atom. The van der Waals surface area contributed by atoms with Gasteiger partial charge in [0, 0.05) is 12.5 Å². The Hall–Kier alpha value is -1.39. The zero-order valence-electron chi connectivity index (χ0n) is 9.19. The van der Waals surface area contributed by atoms with Crippen LogP contribution < -0.4 is 5.73 Å². The number of imidazole rings is 1. The van der Waals surface area contributed by atoms with Crippen LogP contribution in [0.4, 0.5) is 0 Å². The SMILES string of the molecule is NC(CO)CCCc1nc2ccccc2[nH]1. The number of nitrogens with one attached hydrogen (secondary N) is 1. The molecule has 0 saturated carbocycles. The van der Waals surface area contributed by atoms with Crippen LogP contribution in [0.5, 0.6) is 0 Å². The third-order valence-electron chi connectivity index (χ3n) is 2.66. The smallest absolute Gasteiger partial charge is 0.107 e. The van der Waals surface area contributed by atoms with Gasteiger partial charge in [0.05, 0.1) is 17.6 Å². The number of aryl methyl sites for hydroxylation is 1. The van der Waals surface area contributed by atoms with Gasteiger partial charge in [0.25, 0.3) is 0 Å². The highest BCUT2D eigenvalue weighted by Gasteiger charge is 2.04. The molecule has 0 aliphatic heterocycles. The molecule has 4 nitrogen and oxygen atoms in total. The van der Waals surface area contributed by atoms with E-state index in [0.717, 1.165) is 36.1 Å². The van der Waals surface area contributed by atoms with Crippen LogP contribution in [0.25, 0.3) is 11.0 Å². The lowest BCUT2D eigenvalue weighted by molar-refractivity contribution is 0.258. The van der Waals surface area contributed by atoms with Crippen LogP contribution in [-0.4, -0.2) is 27.7 Å². The summed E-state index contributed by atoms with van der Waals surface area (Å²) in [6.45, 7) is 0.0557. The number of hydrogen-bond donors (Lipinski definition) is 3. The minimum atomic E-state index is -0.107. The number of aliphatic hydroxyl groups is 1. The normalized spacial score (nSPS) is 13.1. The van der Waals surface area contributed by atoms with Crippen molar-refractivity contribution in [2.45, 2.75) is 25.3 Å². The van der Waals surface area contributed by atoms with Gasteiger partial charge >= 0.3 is 0 Å². The van der Waals surface area contributed by atoms with E-state index in [-0.39, 0.29) is 12.6 Å². The molecule has 0 aliphatic rings. The van der Waals surface area contributed by atoms with E-state index in [1.165, 1.54) is 0 Å². The number of aromatic nitrogens is 2. The van der Waals surface area contributed by atoms with Gasteiger partial charge < -0.3 is 15.8 Å². The van der Waals surface area contributed by atoms with Crippen LogP contribution in [0.15, 0.2) is 24.3 Å². The van der Waals surface area contributed by atoms with Crippen molar-refractivity contribution in [2.24, 2.45) is 5.73 Å². The van der Waals surface area contributed by atoms with Gasteiger partial charge in [-0.3, -0.25) is 0 Å². The summed E-state index contributed by atoms with van der Waals surface area (Å²) >= 11 is 0. The molecule has 1 heterocycles. The first kappa shape index (κ1) is 11.1. The zero-order valence-corrected chi connectivity index (χ0v) is 9.19. The van der Waals surface area contributed by atoms with Crippen molar-refractivity contribution < 1.29 is 5.11 Å². The molecule has 0 fully saturated rings. The van der Waals surface area contributed by atoms with Gasteiger partial charge in [-0.2, -0.15) is 0 Å². The topological polar surface area (TPSA) is 74.9 Å². The van der Waals surface area contributed by atoms with E-state index in [9.17, 15) is 0 Å². The zero-order chi connectivity index (χ0) is 11.4. The molecule has 0 bridgehead atoms. The molecule has 4 heteroatoms. The fourth-order valence-electron chi connectivity index (χ4n) is 1.75. The van der Waals surface area contributed by atoms with Crippen LogP contribution in [0, 0.1) is 0 Å². The van der Waals surface area contributed by atoms with Crippen molar-refractivity contribution in [1.29, 1.82) is 0 Å². The molecule has 1 atom stereocenters. The minimum Gasteiger partial charge on any atom is -0.395 e. The lowest BCUT2D eigenvalue weighted by atomic mass is 10.1. The van der Waals surface area contributed by atoms with Crippen molar-refractivity contribution in [3.63, 3.8) is 0 Å². The highest BCUT2D eigenvalue weighted by Crippen LogP contribution is 2.12. The third-order valence-corrected chi connectivity index (χ3v) is 2.66. The number of nitrogens with two attached hydrogens (primary N) is 1. The Morgan fingerprint density at radius 1 is 1.38 bits per heavy atom. The fraction of sp³-hybridized carbons (Fsp3) is 0.417. The molecular weight excluding hydrogens is 202 g/mol. The predicted molar refractivity (Wildman–Crippen MR) is 64.1 cm³/mol. The number of hydrogen-bond acceptors (Lipinski definition) is 3. The average Bonchev–Trinajstić information content (AvgIpc) is 2.71. The first-order valence-electron chi connectivity index (χ1n) is 5.59. The molecule has 2 rings (SSSR count). The number of aliphatic hydroxyl groups excluding tert-OH is 1. The average molecular weight is 219 g/mol. The van der Waals surface area contributed by atoms with E-state index in [1.807, 2.05) is 24.3 Å². The fourth-order valence-corrected chi connectivity index (χ4v) is 1.75. The van der Waals surface area contributed by atoms with Gasteiger partial charge in [-0.25, -0.2) is 4.98 Å². The van der Waals surface area contributed by atoms with Crippen molar-refractivity contribution in [1.82, 2.24) is 9.97 Å². The Bertz CT molecular complexity index is 419. The van der Waals surface area contributed by atoms with Gasteiger partial charge in [-0.15, -0.1) is 0 Å². The number of fused-ring (bicyclic) bond motifs is 1. The van der Waals surface area contributed by atoms with Crippen LogP contribution in [-0.2, 0) is 6.42 Å². The maximum atomic E-state index is 8.80. The number of H-pyrrole nitrogens is 1. The summed E-state index contributed by atoms with van der Waals surface area (Å²) in [5, 5.41) is 8.80. The number of benzene rings is 1. The van der Waals surface area contributed by atoms with Crippen molar-refractivity contribution in [3.8, 4) is 0 Å². The minimum absolute atomic E-state index is 0.0557. The molecule has 0 saturated heterocycles. The van der Waals surface area contributed by atoms with Gasteiger partial charge in [0.2, 0.25) is 0 Å². The van der Waals surface area contributed by atoms with Gasteiger partial charge in [0.1, 0.15) is 5.82 Å². The highest BCUT2D eigenvalue weighted by molar-refractivity contribution is 5.74. The van der Waals surface area contributed by atoms with E-state index < -0.39 is 0 Å². The second-order valence-electron chi connectivity index (χ2n) is 4.04. The largest absolute Gasteiger partial charge is 0.395 e. The van der Waals surface area contributed by atoms with E-state index >= 15 is 0 Å². The highest BCUT2D eigenvalue weighted by atomic mass is 16.3. The van der Waals surface area contributed by atoms with E-state index in [4.69, 9.17) is 10.8 Å². The Morgan fingerprint density at radius 3 is 2.94 bits per heavy atom. The molecule has 16 heavy (non-hydrogen) atoms. The molecule has 1 aromatic heterocycles. The van der Waals surface area contributed by atoms with Crippen molar-refractivity contribution >= 4 is 11.0 Å². The molecule has 2 aromatic rings. The van der Waals surface area contributed by atoms with Crippen LogP contribution in [0.3, 0.4) is 0 Å². The third kappa shape index (κ3) is 2.59. The summed E-state index contributed by atoms with van der Waals surface area (Å²) in [4.78, 5) is 7.75. The van der Waals surface area contributed by atoms with Crippen molar-refractivity contribution in [3.05, 3.63) is 30.1 Å². The summed E-state index contributed by atoms with van der Waals surface area (Å²) in [7, 11) is 0. The molecular formula is C12H17N3O. The summed E-state index contributed by atoms with van der Waals surface area (Å²) in [6, 6.07) is 7.88. The predicted octanol–water partition coefficient (Wildman–Crippen LogP) is 1.21. The monoisotopic (exact) mass is 219 g/mol. The van der Waals surface area contributed by atoms with Gasteiger partial charge in [0.15, 0.2) is 0 Å². The lowest BCUT2D eigenvalue weighted by Crippen LogP contribution is -2.24. The molecule has 0 amide bonds. The van der Waals surface area contributed by atoms with E-state index in [2.05, 4.69) is 9.97 Å². The van der Waals surface area contributed by atoms with E-state index in [1.54, 1.807) is 0 Å². The molecule has 0 radical (unpaired) electrons. The first-order valence-corrected chi connectivity index (χ1v) is 5.59. The Kier molecular flexibility index (Phi) is 3.54. The summed E-state index contributed by atoms with van der Waals surface area (Å²) in [5.41, 5.74) is 7.71. The quantitative estimate of drug-likeness (QED) is 0.707. The van der Waals surface area contributed by atoms with Gasteiger partial charge in [-0.1, -0.05) is 12.1 Å². The second kappa shape index (κ2) is 5.09. The Balaban J connectivity index is 1.94. The molecule has 0 aliphatic carbocycles. The summed E-state index contributed by atoms with van der Waals surface area (Å²) in [5.74, 6) is 0.992. The molecule has 86 valence electrons. The van der Waals surface area contributed by atoms with Crippen LogP contribution in [0.1, 0.15) is 18.7 Å². The maximum Gasteiger partial charge on any atom is 0.107 e. The molecule has 1 unspecified atom stereocenters. The van der Waals surface area contributed by atoms with Crippen molar-refractivity contribution in [2.75, 3.05) is 6.61 Å². The lowest BCUT2D eigenvalue weighted by Gasteiger charge is -2.05. The molecule has 1 aromatic carbocycles. The van der Waals surface area contributed by atoms with Gasteiger partial charge in [-0.05, 0) is 25.0 Å².